The van der Waals surface area contributed by atoms with Crippen LogP contribution in [0.3, 0.4) is 0 Å². The molecule has 0 bridgehead atoms. The van der Waals surface area contributed by atoms with Crippen LogP contribution in [-0.2, 0) is 9.53 Å². The number of carbonyl (C=O) groups excluding carboxylic acids is 2. The van der Waals surface area contributed by atoms with Crippen LogP contribution in [0.25, 0.3) is 0 Å². The molecule has 2 N–H and O–H groups in total. The molecule has 1 fully saturated rings. The second-order valence-corrected chi connectivity index (χ2v) is 8.62. The zero-order valence-corrected chi connectivity index (χ0v) is 19.7. The molecule has 3 heterocycles. The molecule has 2 amide bonds. The summed E-state index contributed by atoms with van der Waals surface area (Å²) in [6.07, 6.45) is 1.40. The molecule has 5 rings (SSSR count). The summed E-state index contributed by atoms with van der Waals surface area (Å²) < 4.78 is 29.6. The van der Waals surface area contributed by atoms with Gasteiger partial charge in [0.05, 0.1) is 18.9 Å². The van der Waals surface area contributed by atoms with Gasteiger partial charge in [0, 0.05) is 24.9 Å². The number of carbonyl (C=O) groups is 2. The standard InChI is InChI=1S/C27H22FN3O6/c1-31-23-12-17(8-10-27(34)15-35-16-27)2-7-24(23)36-14-22(26(31)33)30-25(32)21-13-20(9-11-29-21)37-19-5-3-18(28)4-6-19/h2-7,9,11-13,22,34H,14-16H2,1H3,(H,30,32). The normalized spacial score (nSPS) is 17.8. The Balaban J connectivity index is 1.28. The Hall–Kier alpha value is -4.46. The van der Waals surface area contributed by atoms with E-state index in [1.54, 1.807) is 31.3 Å². The van der Waals surface area contributed by atoms with Crippen molar-refractivity contribution < 1.29 is 33.3 Å². The van der Waals surface area contributed by atoms with Gasteiger partial charge in [-0.1, -0.05) is 11.8 Å². The van der Waals surface area contributed by atoms with Gasteiger partial charge in [0.25, 0.3) is 11.8 Å². The Bertz CT molecular complexity index is 1410. The van der Waals surface area contributed by atoms with E-state index in [1.165, 1.54) is 41.4 Å². The zero-order valence-electron chi connectivity index (χ0n) is 19.7. The monoisotopic (exact) mass is 503 g/mol. The number of amides is 2. The summed E-state index contributed by atoms with van der Waals surface area (Å²) in [6, 6.07) is 12.6. The van der Waals surface area contributed by atoms with E-state index >= 15 is 0 Å². The molecule has 1 saturated heterocycles. The van der Waals surface area contributed by atoms with Crippen molar-refractivity contribution in [3.63, 3.8) is 0 Å². The second-order valence-electron chi connectivity index (χ2n) is 8.62. The van der Waals surface area contributed by atoms with Crippen LogP contribution in [0.15, 0.2) is 60.8 Å². The van der Waals surface area contributed by atoms with Gasteiger partial charge in [0.1, 0.15) is 41.4 Å². The minimum Gasteiger partial charge on any atom is -0.489 e. The predicted molar refractivity (Wildman–Crippen MR) is 130 cm³/mol. The summed E-state index contributed by atoms with van der Waals surface area (Å²) in [5, 5.41) is 12.8. The average molecular weight is 503 g/mol. The highest BCUT2D eigenvalue weighted by molar-refractivity contribution is 6.03. The average Bonchev–Trinajstić information content (AvgIpc) is 3.00. The minimum absolute atomic E-state index is 0.0345. The van der Waals surface area contributed by atoms with Gasteiger partial charge >= 0.3 is 0 Å². The predicted octanol–water partition coefficient (Wildman–Crippen LogP) is 2.28. The molecule has 2 aliphatic rings. The molecular formula is C27H22FN3O6. The van der Waals surface area contributed by atoms with E-state index in [0.29, 0.717) is 28.5 Å². The van der Waals surface area contributed by atoms with Crippen LogP contribution in [0, 0.1) is 17.7 Å². The molecule has 3 aromatic rings. The third-order valence-corrected chi connectivity index (χ3v) is 5.79. The lowest BCUT2D eigenvalue weighted by Crippen LogP contribution is -2.49. The van der Waals surface area contributed by atoms with E-state index in [0.717, 1.165) is 0 Å². The van der Waals surface area contributed by atoms with E-state index < -0.39 is 23.4 Å². The topological polar surface area (TPSA) is 110 Å². The molecule has 1 unspecified atom stereocenters. The maximum atomic E-state index is 13.2. The highest BCUT2D eigenvalue weighted by atomic mass is 19.1. The van der Waals surface area contributed by atoms with Crippen molar-refractivity contribution in [1.82, 2.24) is 10.3 Å². The molecular weight excluding hydrogens is 481 g/mol. The quantitative estimate of drug-likeness (QED) is 0.526. The fourth-order valence-electron chi connectivity index (χ4n) is 3.71. The lowest BCUT2D eigenvalue weighted by atomic mass is 10.0. The molecule has 0 saturated carbocycles. The number of hydrogen-bond acceptors (Lipinski definition) is 7. The van der Waals surface area contributed by atoms with Crippen molar-refractivity contribution in [2.24, 2.45) is 0 Å². The maximum absolute atomic E-state index is 13.2. The molecule has 0 spiro atoms. The zero-order chi connectivity index (χ0) is 26.0. The van der Waals surface area contributed by atoms with Crippen LogP contribution in [-0.4, -0.2) is 60.4 Å². The number of nitrogens with one attached hydrogen (secondary N) is 1. The smallest absolute Gasteiger partial charge is 0.270 e. The van der Waals surface area contributed by atoms with Crippen molar-refractivity contribution in [3.05, 3.63) is 77.9 Å². The van der Waals surface area contributed by atoms with Crippen molar-refractivity contribution in [2.45, 2.75) is 11.6 Å². The van der Waals surface area contributed by atoms with Crippen LogP contribution in [0.2, 0.25) is 0 Å². The van der Waals surface area contributed by atoms with Crippen LogP contribution >= 0.6 is 0 Å². The number of pyridine rings is 1. The Kier molecular flexibility index (Phi) is 6.48. The van der Waals surface area contributed by atoms with Gasteiger partial charge in [-0.05, 0) is 48.5 Å². The van der Waals surface area contributed by atoms with Crippen molar-refractivity contribution in [1.29, 1.82) is 0 Å². The summed E-state index contributed by atoms with van der Waals surface area (Å²) in [4.78, 5) is 31.5. The van der Waals surface area contributed by atoms with E-state index in [2.05, 4.69) is 22.1 Å². The fourth-order valence-corrected chi connectivity index (χ4v) is 3.71. The molecule has 188 valence electrons. The van der Waals surface area contributed by atoms with E-state index in [1.807, 2.05) is 0 Å². The number of hydrogen-bond donors (Lipinski definition) is 2. The molecule has 0 radical (unpaired) electrons. The summed E-state index contributed by atoms with van der Waals surface area (Å²) in [5.41, 5.74) is -0.0482. The first kappa shape index (κ1) is 24.2. The Morgan fingerprint density at radius 3 is 2.70 bits per heavy atom. The Labute approximate surface area is 211 Å². The summed E-state index contributed by atoms with van der Waals surface area (Å²) >= 11 is 0. The first-order valence-corrected chi connectivity index (χ1v) is 11.4. The molecule has 10 heteroatoms. The number of fused-ring (bicyclic) bond motifs is 1. The van der Waals surface area contributed by atoms with Gasteiger partial charge in [-0.15, -0.1) is 0 Å². The number of benzene rings is 2. The number of aromatic nitrogens is 1. The van der Waals surface area contributed by atoms with Crippen LogP contribution < -0.4 is 19.7 Å². The van der Waals surface area contributed by atoms with Gasteiger partial charge < -0.3 is 29.5 Å². The molecule has 9 nitrogen and oxygen atoms in total. The van der Waals surface area contributed by atoms with E-state index in [4.69, 9.17) is 14.2 Å². The van der Waals surface area contributed by atoms with Crippen molar-refractivity contribution >= 4 is 17.5 Å². The summed E-state index contributed by atoms with van der Waals surface area (Å²) in [6.45, 7) is 0.226. The molecule has 1 aromatic heterocycles. The first-order valence-electron chi connectivity index (χ1n) is 11.4. The molecule has 2 aliphatic heterocycles. The molecule has 0 aliphatic carbocycles. The molecule has 2 aromatic carbocycles. The Morgan fingerprint density at radius 2 is 1.97 bits per heavy atom. The Morgan fingerprint density at radius 1 is 1.19 bits per heavy atom. The number of anilines is 1. The van der Waals surface area contributed by atoms with E-state index in [-0.39, 0.29) is 31.4 Å². The molecule has 1 atom stereocenters. The first-order chi connectivity index (χ1) is 17.8. The highest BCUT2D eigenvalue weighted by Crippen LogP contribution is 2.32. The third kappa shape index (κ3) is 5.38. The van der Waals surface area contributed by atoms with Crippen molar-refractivity contribution in [3.8, 4) is 29.1 Å². The maximum Gasteiger partial charge on any atom is 0.270 e. The van der Waals surface area contributed by atoms with Crippen molar-refractivity contribution in [2.75, 3.05) is 31.8 Å². The third-order valence-electron chi connectivity index (χ3n) is 5.79. The van der Waals surface area contributed by atoms with Gasteiger partial charge in [0.15, 0.2) is 5.60 Å². The number of rotatable bonds is 4. The van der Waals surface area contributed by atoms with Gasteiger partial charge in [-0.2, -0.15) is 0 Å². The van der Waals surface area contributed by atoms with E-state index in [9.17, 15) is 19.1 Å². The van der Waals surface area contributed by atoms with Crippen LogP contribution in [0.4, 0.5) is 10.1 Å². The fraction of sp³-hybridized carbons (Fsp3) is 0.222. The summed E-state index contributed by atoms with van der Waals surface area (Å²) in [7, 11) is 1.58. The van der Waals surface area contributed by atoms with Crippen LogP contribution in [0.1, 0.15) is 16.1 Å². The van der Waals surface area contributed by atoms with Gasteiger partial charge in [-0.3, -0.25) is 14.6 Å². The number of nitrogens with zero attached hydrogens (tertiary/aromatic N) is 2. The highest BCUT2D eigenvalue weighted by Gasteiger charge is 2.34. The van der Waals surface area contributed by atoms with Crippen LogP contribution in [0.5, 0.6) is 17.2 Å². The number of ether oxygens (including phenoxy) is 3. The number of aliphatic hydroxyl groups is 1. The summed E-state index contributed by atoms with van der Waals surface area (Å²) in [5.74, 6) is 5.49. The number of halogens is 1. The largest absolute Gasteiger partial charge is 0.489 e. The minimum atomic E-state index is -1.16. The second kappa shape index (κ2) is 9.89. The molecule has 37 heavy (non-hydrogen) atoms. The lowest BCUT2D eigenvalue weighted by Gasteiger charge is -2.30. The lowest BCUT2D eigenvalue weighted by molar-refractivity contribution is -0.140. The number of likely N-dealkylation sites (N-methyl/N-ethyl adjacent to an activating group) is 1. The van der Waals surface area contributed by atoms with Gasteiger partial charge in [-0.25, -0.2) is 4.39 Å². The SMILES string of the molecule is CN1C(=O)C(NC(=O)c2cc(Oc3ccc(F)cc3)ccn2)COc2ccc(C#CC3(O)COC3)cc21. The van der Waals surface area contributed by atoms with Gasteiger partial charge in [0.2, 0.25) is 0 Å².